The number of benzene rings is 1. The van der Waals surface area contributed by atoms with Crippen LogP contribution in [0.15, 0.2) is 29.6 Å². The second-order valence-electron chi connectivity index (χ2n) is 5.52. The Bertz CT molecular complexity index is 605. The highest BCUT2D eigenvalue weighted by Gasteiger charge is 2.14. The monoisotopic (exact) mass is 302 g/mol. The lowest BCUT2D eigenvalue weighted by Gasteiger charge is -2.15. The zero-order chi connectivity index (χ0) is 15.4. The number of thioether (sulfide) groups is 1. The minimum Gasteiger partial charge on any atom is -0.308 e. The van der Waals surface area contributed by atoms with E-state index in [1.165, 1.54) is 16.7 Å². The molecule has 0 spiro atoms. The second-order valence-corrected chi connectivity index (χ2v) is 6.49. The molecule has 0 saturated heterocycles. The van der Waals surface area contributed by atoms with Crippen LogP contribution in [-0.2, 0) is 5.75 Å². The number of hydrogen-bond donors (Lipinski definition) is 2. The van der Waals surface area contributed by atoms with Gasteiger partial charge >= 0.3 is 0 Å². The van der Waals surface area contributed by atoms with Crippen LogP contribution < -0.4 is 11.3 Å². The van der Waals surface area contributed by atoms with Crippen molar-refractivity contribution in [1.29, 1.82) is 0 Å². The lowest BCUT2D eigenvalue weighted by atomic mass is 10.1. The predicted octanol–water partition coefficient (Wildman–Crippen LogP) is 3.79. The summed E-state index contributed by atoms with van der Waals surface area (Å²) in [5, 5.41) is 0.993. The summed E-state index contributed by atoms with van der Waals surface area (Å²) in [5.74, 6) is 7.48. The molecule has 5 heteroatoms. The molecule has 0 atom stereocenters. The third-order valence-electron chi connectivity index (χ3n) is 3.22. The molecule has 0 aliphatic heterocycles. The van der Waals surface area contributed by atoms with Gasteiger partial charge in [0.1, 0.15) is 17.2 Å². The molecule has 3 N–H and O–H groups in total. The van der Waals surface area contributed by atoms with Crippen molar-refractivity contribution in [3.8, 4) is 0 Å². The molecule has 21 heavy (non-hydrogen) atoms. The third-order valence-corrected chi connectivity index (χ3v) is 4.29. The van der Waals surface area contributed by atoms with Gasteiger partial charge < -0.3 is 5.43 Å². The molecular weight excluding hydrogens is 280 g/mol. The van der Waals surface area contributed by atoms with Gasteiger partial charge in [-0.05, 0) is 25.3 Å². The highest BCUT2D eigenvalue weighted by Crippen LogP contribution is 2.32. The number of rotatable bonds is 5. The Balaban J connectivity index is 2.23. The number of hydrogen-bond acceptors (Lipinski definition) is 5. The second kappa shape index (κ2) is 6.91. The van der Waals surface area contributed by atoms with Crippen molar-refractivity contribution in [2.45, 2.75) is 44.4 Å². The van der Waals surface area contributed by atoms with E-state index in [-0.39, 0.29) is 0 Å². The maximum absolute atomic E-state index is 5.55. The summed E-state index contributed by atoms with van der Waals surface area (Å²) in [5.41, 5.74) is 7.65. The number of aromatic nitrogens is 2. The normalized spacial score (nSPS) is 11.0. The van der Waals surface area contributed by atoms with E-state index in [2.05, 4.69) is 61.3 Å². The zero-order valence-corrected chi connectivity index (χ0v) is 13.8. The van der Waals surface area contributed by atoms with E-state index in [0.717, 1.165) is 16.3 Å². The molecule has 0 unspecified atom stereocenters. The van der Waals surface area contributed by atoms with Crippen molar-refractivity contribution in [2.24, 2.45) is 5.84 Å². The van der Waals surface area contributed by atoms with Crippen LogP contribution in [-0.4, -0.2) is 9.97 Å². The van der Waals surface area contributed by atoms with Crippen molar-refractivity contribution >= 4 is 17.6 Å². The molecular formula is C16H22N4S. The molecule has 1 aromatic heterocycles. The van der Waals surface area contributed by atoms with Crippen molar-refractivity contribution < 1.29 is 0 Å². The van der Waals surface area contributed by atoms with Gasteiger partial charge in [-0.3, -0.25) is 0 Å². The predicted molar refractivity (Wildman–Crippen MR) is 89.4 cm³/mol. The van der Waals surface area contributed by atoms with E-state index in [1.807, 2.05) is 0 Å². The largest absolute Gasteiger partial charge is 0.308 e. The third kappa shape index (κ3) is 3.95. The van der Waals surface area contributed by atoms with E-state index in [4.69, 9.17) is 5.84 Å². The lowest BCUT2D eigenvalue weighted by Crippen LogP contribution is -2.13. The number of hydrazine groups is 1. The minimum atomic E-state index is 0.319. The first-order chi connectivity index (χ1) is 10.0. The number of nitrogen functional groups attached to an aromatic ring is 1. The van der Waals surface area contributed by atoms with Crippen LogP contribution in [0, 0.1) is 13.8 Å². The summed E-state index contributed by atoms with van der Waals surface area (Å²) < 4.78 is 0. The molecule has 0 fully saturated rings. The van der Waals surface area contributed by atoms with Gasteiger partial charge in [0.25, 0.3) is 0 Å². The van der Waals surface area contributed by atoms with E-state index < -0.39 is 0 Å². The van der Waals surface area contributed by atoms with Crippen molar-refractivity contribution in [3.63, 3.8) is 0 Å². The van der Waals surface area contributed by atoms with E-state index >= 15 is 0 Å². The number of anilines is 1. The average molecular weight is 302 g/mol. The Labute approximate surface area is 130 Å². The maximum atomic E-state index is 5.55. The first-order valence-electron chi connectivity index (χ1n) is 7.02. The molecule has 112 valence electrons. The Morgan fingerprint density at radius 2 is 1.81 bits per heavy atom. The van der Waals surface area contributed by atoms with Crippen LogP contribution >= 0.6 is 11.8 Å². The van der Waals surface area contributed by atoms with Gasteiger partial charge in [0, 0.05) is 11.3 Å². The molecule has 0 saturated carbocycles. The number of aryl methyl sites for hydroxylation is 2. The molecule has 0 aliphatic rings. The van der Waals surface area contributed by atoms with Gasteiger partial charge in [-0.25, -0.2) is 15.8 Å². The first-order valence-corrected chi connectivity index (χ1v) is 8.01. The van der Waals surface area contributed by atoms with Gasteiger partial charge in [-0.15, -0.1) is 11.8 Å². The average Bonchev–Trinajstić information content (AvgIpc) is 2.43. The summed E-state index contributed by atoms with van der Waals surface area (Å²) in [6.45, 7) is 8.50. The van der Waals surface area contributed by atoms with Crippen molar-refractivity contribution in [3.05, 3.63) is 46.8 Å². The van der Waals surface area contributed by atoms with E-state index in [0.29, 0.717) is 11.7 Å². The van der Waals surface area contributed by atoms with Crippen molar-refractivity contribution in [2.75, 3.05) is 5.43 Å². The van der Waals surface area contributed by atoms with Gasteiger partial charge in [0.05, 0.1) is 0 Å². The van der Waals surface area contributed by atoms with Crippen LogP contribution in [0.2, 0.25) is 0 Å². The molecule has 4 nitrogen and oxygen atoms in total. The summed E-state index contributed by atoms with van der Waals surface area (Å²) in [6.07, 6.45) is 1.56. The maximum Gasteiger partial charge on any atom is 0.147 e. The summed E-state index contributed by atoms with van der Waals surface area (Å²) in [7, 11) is 0. The Morgan fingerprint density at radius 1 is 1.14 bits per heavy atom. The number of nitrogens with two attached hydrogens (primary N) is 1. The highest BCUT2D eigenvalue weighted by molar-refractivity contribution is 7.98. The molecule has 0 radical (unpaired) electrons. The fraction of sp³-hybridized carbons (Fsp3) is 0.375. The minimum absolute atomic E-state index is 0.319. The van der Waals surface area contributed by atoms with Crippen LogP contribution in [0.5, 0.6) is 0 Å². The summed E-state index contributed by atoms with van der Waals surface area (Å²) in [4.78, 5) is 8.63. The lowest BCUT2D eigenvalue weighted by molar-refractivity contribution is 0.804. The van der Waals surface area contributed by atoms with Crippen LogP contribution in [0.25, 0.3) is 0 Å². The van der Waals surface area contributed by atoms with E-state index in [9.17, 15) is 0 Å². The summed E-state index contributed by atoms with van der Waals surface area (Å²) in [6, 6.07) is 6.63. The number of nitrogens with one attached hydrogen (secondary N) is 1. The topological polar surface area (TPSA) is 63.8 Å². The molecule has 2 rings (SSSR count). The Morgan fingerprint density at radius 3 is 2.38 bits per heavy atom. The fourth-order valence-electron chi connectivity index (χ4n) is 2.43. The fourth-order valence-corrected chi connectivity index (χ4v) is 3.51. The Kier molecular flexibility index (Phi) is 5.20. The van der Waals surface area contributed by atoms with E-state index in [1.54, 1.807) is 18.1 Å². The summed E-state index contributed by atoms with van der Waals surface area (Å²) >= 11 is 1.73. The zero-order valence-electron chi connectivity index (χ0n) is 13.0. The quantitative estimate of drug-likeness (QED) is 0.381. The van der Waals surface area contributed by atoms with Crippen LogP contribution in [0.3, 0.4) is 0 Å². The highest BCUT2D eigenvalue weighted by atomic mass is 32.2. The molecule has 0 amide bonds. The molecule has 2 aromatic rings. The van der Waals surface area contributed by atoms with Gasteiger partial charge in [-0.2, -0.15) is 0 Å². The molecule has 1 aromatic carbocycles. The molecule has 1 heterocycles. The first kappa shape index (κ1) is 15.8. The van der Waals surface area contributed by atoms with Crippen LogP contribution in [0.1, 0.15) is 42.0 Å². The molecule has 0 aliphatic carbocycles. The van der Waals surface area contributed by atoms with Gasteiger partial charge in [0.15, 0.2) is 0 Å². The van der Waals surface area contributed by atoms with Gasteiger partial charge in [-0.1, -0.05) is 43.2 Å². The Hall–Kier alpha value is -1.59. The van der Waals surface area contributed by atoms with Gasteiger partial charge in [0.2, 0.25) is 0 Å². The number of nitrogens with zero attached hydrogens (tertiary/aromatic N) is 2. The smallest absolute Gasteiger partial charge is 0.147 e. The SMILES string of the molecule is Cc1cc(C)cc(CSc2ncnc(NN)c2C(C)C)c1. The van der Waals surface area contributed by atoms with Crippen molar-refractivity contribution in [1.82, 2.24) is 9.97 Å². The standard InChI is InChI=1S/C16H22N4S/c1-10(2)14-15(20-17)18-9-19-16(14)21-8-13-6-11(3)5-12(4)7-13/h5-7,9-10H,8,17H2,1-4H3,(H,18,19,20). The van der Waals surface area contributed by atoms with Crippen LogP contribution in [0.4, 0.5) is 5.82 Å². The molecule has 0 bridgehead atoms.